The van der Waals surface area contributed by atoms with Gasteiger partial charge in [-0.05, 0) is 25.0 Å². The van der Waals surface area contributed by atoms with Crippen LogP contribution in [0.25, 0.3) is 0 Å². The van der Waals surface area contributed by atoms with Crippen LogP contribution in [-0.4, -0.2) is 32.9 Å². The van der Waals surface area contributed by atoms with Gasteiger partial charge in [0.25, 0.3) is 0 Å². The number of para-hydroxylation sites is 1. The Balaban J connectivity index is 1.41. The molecule has 1 amide bonds. The highest BCUT2D eigenvalue weighted by atomic mass is 32.2. The van der Waals surface area contributed by atoms with Gasteiger partial charge in [-0.25, -0.2) is 4.98 Å². The van der Waals surface area contributed by atoms with Gasteiger partial charge in [0.15, 0.2) is 5.82 Å². The number of aromatic nitrogens is 3. The lowest BCUT2D eigenvalue weighted by Crippen LogP contribution is -2.33. The van der Waals surface area contributed by atoms with Crippen LogP contribution >= 0.6 is 11.8 Å². The molecule has 0 spiro atoms. The molecule has 0 unspecified atom stereocenters. The van der Waals surface area contributed by atoms with Crippen LogP contribution in [-0.2, 0) is 11.4 Å². The van der Waals surface area contributed by atoms with E-state index in [1.54, 1.807) is 0 Å². The van der Waals surface area contributed by atoms with Crippen molar-refractivity contribution in [3.63, 3.8) is 0 Å². The van der Waals surface area contributed by atoms with Gasteiger partial charge < -0.3 is 10.1 Å². The normalized spacial score (nSPS) is 14.8. The van der Waals surface area contributed by atoms with Crippen LogP contribution < -0.4 is 10.1 Å². The number of hydrogen-bond acceptors (Lipinski definition) is 5. The lowest BCUT2D eigenvalue weighted by molar-refractivity contribution is -0.119. The molecule has 1 fully saturated rings. The molecular formula is C16H20N4O2S. The molecule has 0 aliphatic heterocycles. The third-order valence-electron chi connectivity index (χ3n) is 3.68. The van der Waals surface area contributed by atoms with E-state index < -0.39 is 0 Å². The molecule has 122 valence electrons. The summed E-state index contributed by atoms with van der Waals surface area (Å²) >= 11 is 1.33. The van der Waals surface area contributed by atoms with E-state index in [1.807, 2.05) is 30.3 Å². The number of carbonyl (C=O) groups is 1. The van der Waals surface area contributed by atoms with Crippen molar-refractivity contribution in [3.05, 3.63) is 36.2 Å². The lowest BCUT2D eigenvalue weighted by Gasteiger charge is -2.10. The Bertz CT molecular complexity index is 626. The molecular weight excluding hydrogens is 312 g/mol. The number of benzene rings is 1. The van der Waals surface area contributed by atoms with Gasteiger partial charge in [-0.2, -0.15) is 0 Å². The standard InChI is InChI=1S/C16H20N4O2S/c21-15(17-12-6-4-5-7-12)11-23-16-18-14(19-20-16)10-22-13-8-2-1-3-9-13/h1-3,8-9,12H,4-7,10-11H2,(H,17,21)(H,18,19,20). The number of rotatable bonds is 7. The molecule has 1 heterocycles. The summed E-state index contributed by atoms with van der Waals surface area (Å²) in [5.41, 5.74) is 0. The molecule has 1 aliphatic rings. The average Bonchev–Trinajstić information content (AvgIpc) is 3.24. The monoisotopic (exact) mass is 332 g/mol. The lowest BCUT2D eigenvalue weighted by atomic mass is 10.2. The fourth-order valence-electron chi connectivity index (χ4n) is 2.54. The van der Waals surface area contributed by atoms with Crippen molar-refractivity contribution in [2.75, 3.05) is 5.75 Å². The summed E-state index contributed by atoms with van der Waals surface area (Å²) in [7, 11) is 0. The summed E-state index contributed by atoms with van der Waals surface area (Å²) in [4.78, 5) is 16.2. The summed E-state index contributed by atoms with van der Waals surface area (Å²) in [6, 6.07) is 9.90. The third kappa shape index (κ3) is 4.99. The number of nitrogens with zero attached hydrogens (tertiary/aromatic N) is 2. The van der Waals surface area contributed by atoms with E-state index in [4.69, 9.17) is 4.74 Å². The number of carbonyl (C=O) groups excluding carboxylic acids is 1. The zero-order chi connectivity index (χ0) is 15.9. The highest BCUT2D eigenvalue weighted by Gasteiger charge is 2.17. The van der Waals surface area contributed by atoms with Crippen LogP contribution in [0, 0.1) is 0 Å². The van der Waals surface area contributed by atoms with Crippen LogP contribution in [0.2, 0.25) is 0 Å². The molecule has 6 nitrogen and oxygen atoms in total. The summed E-state index contributed by atoms with van der Waals surface area (Å²) in [5, 5.41) is 10.6. The fraction of sp³-hybridized carbons (Fsp3) is 0.438. The van der Waals surface area contributed by atoms with E-state index in [-0.39, 0.29) is 5.91 Å². The van der Waals surface area contributed by atoms with Crippen LogP contribution in [0.3, 0.4) is 0 Å². The number of H-pyrrole nitrogens is 1. The minimum absolute atomic E-state index is 0.0498. The molecule has 1 aromatic heterocycles. The highest BCUT2D eigenvalue weighted by molar-refractivity contribution is 7.99. The smallest absolute Gasteiger partial charge is 0.230 e. The molecule has 0 bridgehead atoms. The molecule has 2 N–H and O–H groups in total. The Labute approximate surface area is 139 Å². The van der Waals surface area contributed by atoms with E-state index in [0.29, 0.717) is 29.4 Å². The Kier molecular flexibility index (Phi) is 5.52. The van der Waals surface area contributed by atoms with Gasteiger partial charge in [-0.1, -0.05) is 42.8 Å². The molecule has 1 aromatic carbocycles. The minimum atomic E-state index is 0.0498. The largest absolute Gasteiger partial charge is 0.486 e. The molecule has 7 heteroatoms. The molecule has 1 saturated carbocycles. The van der Waals surface area contributed by atoms with Gasteiger partial charge >= 0.3 is 0 Å². The van der Waals surface area contributed by atoms with Gasteiger partial charge in [-0.15, -0.1) is 5.10 Å². The number of hydrogen-bond donors (Lipinski definition) is 2. The van der Waals surface area contributed by atoms with Gasteiger partial charge in [0.2, 0.25) is 11.1 Å². The van der Waals surface area contributed by atoms with Crippen molar-refractivity contribution >= 4 is 17.7 Å². The molecule has 0 radical (unpaired) electrons. The number of nitrogens with one attached hydrogen (secondary N) is 2. The predicted molar refractivity (Wildman–Crippen MR) is 88.3 cm³/mol. The van der Waals surface area contributed by atoms with E-state index in [9.17, 15) is 4.79 Å². The Morgan fingerprint density at radius 3 is 2.87 bits per heavy atom. The maximum atomic E-state index is 11.9. The second-order valence-corrected chi connectivity index (χ2v) is 6.45. The van der Waals surface area contributed by atoms with Crippen molar-refractivity contribution in [1.82, 2.24) is 20.5 Å². The summed E-state index contributed by atoms with van der Waals surface area (Å²) in [5.74, 6) is 1.82. The first-order valence-corrected chi connectivity index (χ1v) is 8.79. The average molecular weight is 332 g/mol. The number of ether oxygens (including phenoxy) is 1. The van der Waals surface area contributed by atoms with Crippen LogP contribution in [0.1, 0.15) is 31.5 Å². The Morgan fingerprint density at radius 1 is 1.30 bits per heavy atom. The molecule has 1 aliphatic carbocycles. The highest BCUT2D eigenvalue weighted by Crippen LogP contribution is 2.18. The zero-order valence-corrected chi connectivity index (χ0v) is 13.6. The van der Waals surface area contributed by atoms with Gasteiger partial charge in [0.1, 0.15) is 12.4 Å². The quantitative estimate of drug-likeness (QED) is 0.762. The van der Waals surface area contributed by atoms with Crippen molar-refractivity contribution in [2.45, 2.75) is 43.5 Å². The second kappa shape index (κ2) is 8.01. The minimum Gasteiger partial charge on any atom is -0.486 e. The molecule has 3 rings (SSSR count). The first-order chi connectivity index (χ1) is 11.3. The SMILES string of the molecule is O=C(CSc1n[nH]c(COc2ccccc2)n1)NC1CCCC1. The van der Waals surface area contributed by atoms with Gasteiger partial charge in [-0.3, -0.25) is 9.89 Å². The van der Waals surface area contributed by atoms with E-state index in [0.717, 1.165) is 18.6 Å². The third-order valence-corrected chi connectivity index (χ3v) is 4.53. The number of amides is 1. The number of thioether (sulfide) groups is 1. The van der Waals surface area contributed by atoms with Crippen molar-refractivity contribution in [2.24, 2.45) is 0 Å². The van der Waals surface area contributed by atoms with E-state index >= 15 is 0 Å². The van der Waals surface area contributed by atoms with Crippen LogP contribution in [0.15, 0.2) is 35.5 Å². The fourth-order valence-corrected chi connectivity index (χ4v) is 3.17. The zero-order valence-electron chi connectivity index (χ0n) is 12.8. The first kappa shape index (κ1) is 15.9. The topological polar surface area (TPSA) is 79.9 Å². The van der Waals surface area contributed by atoms with Gasteiger partial charge in [0, 0.05) is 6.04 Å². The second-order valence-electron chi connectivity index (χ2n) is 5.50. The molecule has 0 saturated heterocycles. The maximum absolute atomic E-state index is 11.9. The van der Waals surface area contributed by atoms with Crippen molar-refractivity contribution in [3.8, 4) is 5.75 Å². The Hall–Kier alpha value is -2.02. The summed E-state index contributed by atoms with van der Waals surface area (Å²) in [6.45, 7) is 0.325. The predicted octanol–water partition coefficient (Wildman–Crippen LogP) is 2.53. The molecule has 0 atom stereocenters. The molecule has 2 aromatic rings. The number of aromatic amines is 1. The first-order valence-electron chi connectivity index (χ1n) is 7.81. The van der Waals surface area contributed by atoms with Crippen molar-refractivity contribution in [1.29, 1.82) is 0 Å². The van der Waals surface area contributed by atoms with E-state index in [2.05, 4.69) is 20.5 Å². The van der Waals surface area contributed by atoms with Gasteiger partial charge in [0.05, 0.1) is 5.75 Å². The van der Waals surface area contributed by atoms with Crippen molar-refractivity contribution < 1.29 is 9.53 Å². The van der Waals surface area contributed by atoms with E-state index in [1.165, 1.54) is 24.6 Å². The van der Waals surface area contributed by atoms with Crippen LogP contribution in [0.4, 0.5) is 0 Å². The Morgan fingerprint density at radius 2 is 2.09 bits per heavy atom. The van der Waals surface area contributed by atoms with Crippen LogP contribution in [0.5, 0.6) is 5.75 Å². The molecule has 23 heavy (non-hydrogen) atoms. The maximum Gasteiger partial charge on any atom is 0.230 e. The summed E-state index contributed by atoms with van der Waals surface area (Å²) in [6.07, 6.45) is 4.61. The summed E-state index contributed by atoms with van der Waals surface area (Å²) < 4.78 is 5.60.